The van der Waals surface area contributed by atoms with Crippen molar-refractivity contribution in [1.29, 1.82) is 0 Å². The molecular formula is C13H19F2NO. The van der Waals surface area contributed by atoms with Crippen LogP contribution in [0, 0.1) is 11.6 Å². The molecule has 0 heterocycles. The first-order valence-corrected chi connectivity index (χ1v) is 5.94. The van der Waals surface area contributed by atoms with Crippen LogP contribution in [-0.4, -0.2) is 13.2 Å². The molecule has 0 aliphatic heterocycles. The standard InChI is InChI=1S/C13H19F2NO/c1-2-3-4-8-17-9-12(16)13-10(14)6-5-7-11(13)15/h5-7,12H,2-4,8-9,16H2,1H3. The number of halogens is 2. The second-order valence-electron chi connectivity index (χ2n) is 4.02. The molecule has 0 aliphatic carbocycles. The molecule has 2 N–H and O–H groups in total. The average Bonchev–Trinajstić information content (AvgIpc) is 2.28. The van der Waals surface area contributed by atoms with Crippen molar-refractivity contribution in [2.45, 2.75) is 32.2 Å². The maximum absolute atomic E-state index is 13.4. The van der Waals surface area contributed by atoms with Crippen LogP contribution >= 0.6 is 0 Å². The molecule has 0 radical (unpaired) electrons. The monoisotopic (exact) mass is 243 g/mol. The highest BCUT2D eigenvalue weighted by Gasteiger charge is 2.16. The summed E-state index contributed by atoms with van der Waals surface area (Å²) in [7, 11) is 0. The molecule has 1 aromatic carbocycles. The van der Waals surface area contributed by atoms with Crippen LogP contribution in [0.4, 0.5) is 8.78 Å². The van der Waals surface area contributed by atoms with Crippen LogP contribution in [0.5, 0.6) is 0 Å². The lowest BCUT2D eigenvalue weighted by Crippen LogP contribution is -2.20. The SMILES string of the molecule is CCCCCOCC(N)c1c(F)cccc1F. The number of nitrogens with two attached hydrogens (primary N) is 1. The normalized spacial score (nSPS) is 12.7. The van der Waals surface area contributed by atoms with E-state index in [1.807, 2.05) is 0 Å². The summed E-state index contributed by atoms with van der Waals surface area (Å²) >= 11 is 0. The maximum atomic E-state index is 13.4. The van der Waals surface area contributed by atoms with Gasteiger partial charge in [0.1, 0.15) is 11.6 Å². The first-order valence-electron chi connectivity index (χ1n) is 5.94. The van der Waals surface area contributed by atoms with Crippen LogP contribution < -0.4 is 5.73 Å². The molecule has 1 rings (SSSR count). The molecule has 1 aromatic rings. The molecule has 4 heteroatoms. The van der Waals surface area contributed by atoms with Crippen LogP contribution in [0.2, 0.25) is 0 Å². The Kier molecular flexibility index (Phi) is 6.08. The third-order valence-corrected chi connectivity index (χ3v) is 2.56. The van der Waals surface area contributed by atoms with E-state index in [-0.39, 0.29) is 12.2 Å². The number of hydrogen-bond acceptors (Lipinski definition) is 2. The van der Waals surface area contributed by atoms with E-state index < -0.39 is 17.7 Å². The van der Waals surface area contributed by atoms with Crippen LogP contribution in [0.25, 0.3) is 0 Å². The first kappa shape index (κ1) is 14.1. The Morgan fingerprint density at radius 2 is 1.88 bits per heavy atom. The Morgan fingerprint density at radius 3 is 2.47 bits per heavy atom. The summed E-state index contributed by atoms with van der Waals surface area (Å²) in [6, 6.07) is 2.98. The van der Waals surface area contributed by atoms with Gasteiger partial charge in [0.15, 0.2) is 0 Å². The highest BCUT2D eigenvalue weighted by atomic mass is 19.1. The Hall–Kier alpha value is -1.00. The van der Waals surface area contributed by atoms with Crippen molar-refractivity contribution in [2.24, 2.45) is 5.73 Å². The zero-order valence-electron chi connectivity index (χ0n) is 10.1. The van der Waals surface area contributed by atoms with Crippen LogP contribution in [0.15, 0.2) is 18.2 Å². The lowest BCUT2D eigenvalue weighted by atomic mass is 10.1. The van der Waals surface area contributed by atoms with Gasteiger partial charge in [0.2, 0.25) is 0 Å². The third-order valence-electron chi connectivity index (χ3n) is 2.56. The molecule has 0 saturated heterocycles. The summed E-state index contributed by atoms with van der Waals surface area (Å²) in [5.41, 5.74) is 5.61. The third kappa shape index (κ3) is 4.40. The number of unbranched alkanes of at least 4 members (excludes halogenated alkanes) is 2. The average molecular weight is 243 g/mol. The topological polar surface area (TPSA) is 35.2 Å². The van der Waals surface area contributed by atoms with Gasteiger partial charge in [-0.15, -0.1) is 0 Å². The van der Waals surface area contributed by atoms with E-state index in [1.54, 1.807) is 0 Å². The van der Waals surface area contributed by atoms with Crippen LogP contribution in [-0.2, 0) is 4.74 Å². The van der Waals surface area contributed by atoms with E-state index in [2.05, 4.69) is 6.92 Å². The summed E-state index contributed by atoms with van der Waals surface area (Å²) < 4.78 is 32.0. The van der Waals surface area contributed by atoms with Gasteiger partial charge in [-0.25, -0.2) is 8.78 Å². The number of benzene rings is 1. The van der Waals surface area contributed by atoms with Gasteiger partial charge in [-0.05, 0) is 18.6 Å². The second-order valence-corrected chi connectivity index (χ2v) is 4.02. The van der Waals surface area contributed by atoms with E-state index in [9.17, 15) is 8.78 Å². The fourth-order valence-corrected chi connectivity index (χ4v) is 1.61. The molecule has 0 spiro atoms. The van der Waals surface area contributed by atoms with E-state index >= 15 is 0 Å². The lowest BCUT2D eigenvalue weighted by Gasteiger charge is -2.14. The quantitative estimate of drug-likeness (QED) is 0.746. The van der Waals surface area contributed by atoms with Crippen LogP contribution in [0.1, 0.15) is 37.8 Å². The van der Waals surface area contributed by atoms with Crippen molar-refractivity contribution in [3.05, 3.63) is 35.4 Å². The molecule has 0 aromatic heterocycles. The minimum absolute atomic E-state index is 0.0945. The molecule has 96 valence electrons. The Balaban J connectivity index is 2.44. The number of rotatable bonds is 7. The Morgan fingerprint density at radius 1 is 1.24 bits per heavy atom. The Bertz CT molecular complexity index is 324. The van der Waals surface area contributed by atoms with Crippen molar-refractivity contribution in [3.63, 3.8) is 0 Å². The minimum atomic E-state index is -0.752. The smallest absolute Gasteiger partial charge is 0.130 e. The molecule has 0 fully saturated rings. The summed E-state index contributed by atoms with van der Waals surface area (Å²) in [5.74, 6) is -1.23. The molecule has 2 nitrogen and oxygen atoms in total. The molecule has 1 unspecified atom stereocenters. The summed E-state index contributed by atoms with van der Waals surface area (Å²) in [6.07, 6.45) is 3.14. The highest BCUT2D eigenvalue weighted by Crippen LogP contribution is 2.19. The first-order chi connectivity index (χ1) is 8.16. The molecule has 0 amide bonds. The second kappa shape index (κ2) is 7.35. The van der Waals surface area contributed by atoms with Crippen molar-refractivity contribution in [1.82, 2.24) is 0 Å². The van der Waals surface area contributed by atoms with E-state index in [4.69, 9.17) is 10.5 Å². The van der Waals surface area contributed by atoms with E-state index in [0.717, 1.165) is 19.3 Å². The number of hydrogen-bond donors (Lipinski definition) is 1. The van der Waals surface area contributed by atoms with Gasteiger partial charge >= 0.3 is 0 Å². The largest absolute Gasteiger partial charge is 0.379 e. The van der Waals surface area contributed by atoms with Gasteiger partial charge < -0.3 is 10.5 Å². The molecule has 17 heavy (non-hydrogen) atoms. The molecule has 0 aliphatic rings. The van der Waals surface area contributed by atoms with Crippen molar-refractivity contribution in [3.8, 4) is 0 Å². The summed E-state index contributed by atoms with van der Waals surface area (Å²) in [4.78, 5) is 0. The van der Waals surface area contributed by atoms with Crippen molar-refractivity contribution < 1.29 is 13.5 Å². The van der Waals surface area contributed by atoms with Gasteiger partial charge in [0, 0.05) is 12.2 Å². The predicted octanol–water partition coefficient (Wildman–Crippen LogP) is 3.17. The molecular weight excluding hydrogens is 224 g/mol. The Labute approximate surface area is 101 Å². The van der Waals surface area contributed by atoms with Gasteiger partial charge in [0.05, 0.1) is 12.6 Å². The minimum Gasteiger partial charge on any atom is -0.379 e. The van der Waals surface area contributed by atoms with Crippen LogP contribution in [0.3, 0.4) is 0 Å². The molecule has 0 bridgehead atoms. The van der Waals surface area contributed by atoms with Gasteiger partial charge in [-0.1, -0.05) is 25.8 Å². The zero-order chi connectivity index (χ0) is 12.7. The van der Waals surface area contributed by atoms with Crippen molar-refractivity contribution >= 4 is 0 Å². The predicted molar refractivity (Wildman–Crippen MR) is 63.6 cm³/mol. The maximum Gasteiger partial charge on any atom is 0.130 e. The fraction of sp³-hybridized carbons (Fsp3) is 0.538. The van der Waals surface area contributed by atoms with Gasteiger partial charge in [-0.2, -0.15) is 0 Å². The van der Waals surface area contributed by atoms with Gasteiger partial charge in [0.25, 0.3) is 0 Å². The summed E-state index contributed by atoms with van der Waals surface area (Å²) in [6.45, 7) is 2.82. The van der Waals surface area contributed by atoms with Gasteiger partial charge in [-0.3, -0.25) is 0 Å². The molecule has 0 saturated carbocycles. The molecule has 1 atom stereocenters. The fourth-order valence-electron chi connectivity index (χ4n) is 1.61. The van der Waals surface area contributed by atoms with E-state index in [0.29, 0.717) is 6.61 Å². The van der Waals surface area contributed by atoms with Crippen molar-refractivity contribution in [2.75, 3.05) is 13.2 Å². The lowest BCUT2D eigenvalue weighted by molar-refractivity contribution is 0.115. The highest BCUT2D eigenvalue weighted by molar-refractivity contribution is 5.22. The summed E-state index contributed by atoms with van der Waals surface area (Å²) in [5, 5.41) is 0. The zero-order valence-corrected chi connectivity index (χ0v) is 10.1. The number of ether oxygens (including phenoxy) is 1. The van der Waals surface area contributed by atoms with E-state index in [1.165, 1.54) is 18.2 Å².